The van der Waals surface area contributed by atoms with Gasteiger partial charge in [0, 0.05) is 30.2 Å². The summed E-state index contributed by atoms with van der Waals surface area (Å²) in [5.41, 5.74) is 1.02. The van der Waals surface area contributed by atoms with E-state index in [-0.39, 0.29) is 11.8 Å². The minimum atomic E-state index is 0.0199. The standard InChI is InChI=1S/C16H15N5OS/c1-9-20-21-16(23-9)10-2-3-11-8-18-14(5-12(11)4-10)19-15(22)13-6-17-7-13/h2-5,8,13,17H,6-7H2,1H3,(H,18,19,22). The molecule has 4 rings (SSSR count). The Kier molecular flexibility index (Phi) is 3.51. The number of fused-ring (bicyclic) bond motifs is 1. The second-order valence-electron chi connectivity index (χ2n) is 5.60. The van der Waals surface area contributed by atoms with Crippen molar-refractivity contribution in [1.29, 1.82) is 0 Å². The maximum absolute atomic E-state index is 12.0. The number of nitrogens with zero attached hydrogens (tertiary/aromatic N) is 3. The Labute approximate surface area is 137 Å². The van der Waals surface area contributed by atoms with E-state index in [0.717, 1.165) is 39.4 Å². The number of aromatic nitrogens is 3. The zero-order valence-electron chi connectivity index (χ0n) is 12.5. The number of carbonyl (C=O) groups is 1. The van der Waals surface area contributed by atoms with Gasteiger partial charge < -0.3 is 10.6 Å². The van der Waals surface area contributed by atoms with Crippen LogP contribution in [0.25, 0.3) is 21.3 Å². The Morgan fingerprint density at radius 3 is 2.83 bits per heavy atom. The summed E-state index contributed by atoms with van der Waals surface area (Å²) in [7, 11) is 0. The van der Waals surface area contributed by atoms with Crippen LogP contribution in [-0.4, -0.2) is 34.2 Å². The Hall–Kier alpha value is -2.38. The number of pyridine rings is 1. The molecule has 1 amide bonds. The number of anilines is 1. The Bertz CT molecular complexity index is 887. The molecule has 116 valence electrons. The van der Waals surface area contributed by atoms with E-state index in [0.29, 0.717) is 5.82 Å². The van der Waals surface area contributed by atoms with Gasteiger partial charge in [-0.15, -0.1) is 10.2 Å². The lowest BCUT2D eigenvalue weighted by Gasteiger charge is -2.25. The van der Waals surface area contributed by atoms with Crippen LogP contribution in [0.15, 0.2) is 30.5 Å². The largest absolute Gasteiger partial charge is 0.315 e. The quantitative estimate of drug-likeness (QED) is 0.772. The van der Waals surface area contributed by atoms with Crippen LogP contribution in [-0.2, 0) is 4.79 Å². The lowest BCUT2D eigenvalue weighted by Crippen LogP contribution is -2.48. The van der Waals surface area contributed by atoms with E-state index >= 15 is 0 Å². The molecule has 0 radical (unpaired) electrons. The highest BCUT2D eigenvalue weighted by Crippen LogP contribution is 2.27. The van der Waals surface area contributed by atoms with E-state index in [9.17, 15) is 4.79 Å². The first-order valence-corrected chi connectivity index (χ1v) is 8.22. The van der Waals surface area contributed by atoms with Gasteiger partial charge in [0.1, 0.15) is 15.8 Å². The highest BCUT2D eigenvalue weighted by Gasteiger charge is 2.25. The average molecular weight is 325 g/mol. The summed E-state index contributed by atoms with van der Waals surface area (Å²) in [6.45, 7) is 3.41. The third kappa shape index (κ3) is 2.80. The van der Waals surface area contributed by atoms with Crippen LogP contribution in [0.5, 0.6) is 0 Å². The van der Waals surface area contributed by atoms with Gasteiger partial charge in [-0.3, -0.25) is 4.79 Å². The van der Waals surface area contributed by atoms with Crippen LogP contribution < -0.4 is 10.6 Å². The van der Waals surface area contributed by atoms with Crippen molar-refractivity contribution in [2.45, 2.75) is 6.92 Å². The number of benzene rings is 1. The molecule has 7 heteroatoms. The fraction of sp³-hybridized carbons (Fsp3) is 0.250. The molecule has 23 heavy (non-hydrogen) atoms. The monoisotopic (exact) mass is 325 g/mol. The molecule has 2 N–H and O–H groups in total. The molecule has 3 aromatic rings. The summed E-state index contributed by atoms with van der Waals surface area (Å²) in [5.74, 6) is 0.648. The molecule has 0 aliphatic carbocycles. The van der Waals surface area contributed by atoms with Crippen LogP contribution in [0.2, 0.25) is 0 Å². The maximum atomic E-state index is 12.0. The Balaban J connectivity index is 1.65. The van der Waals surface area contributed by atoms with Crippen molar-refractivity contribution in [3.05, 3.63) is 35.5 Å². The van der Waals surface area contributed by atoms with E-state index in [1.54, 1.807) is 17.5 Å². The average Bonchev–Trinajstić information content (AvgIpc) is 2.91. The third-order valence-electron chi connectivity index (χ3n) is 3.90. The molecule has 0 unspecified atom stereocenters. The number of nitrogens with one attached hydrogen (secondary N) is 2. The second-order valence-corrected chi connectivity index (χ2v) is 6.78. The number of amides is 1. The van der Waals surface area contributed by atoms with E-state index < -0.39 is 0 Å². The molecular formula is C16H15N5OS. The van der Waals surface area contributed by atoms with Crippen molar-refractivity contribution < 1.29 is 4.79 Å². The number of rotatable bonds is 3. The first kappa shape index (κ1) is 14.2. The summed E-state index contributed by atoms with van der Waals surface area (Å²) >= 11 is 1.56. The van der Waals surface area contributed by atoms with Crippen molar-refractivity contribution in [3.8, 4) is 10.6 Å². The fourth-order valence-electron chi connectivity index (χ4n) is 2.46. The number of aryl methyl sites for hydroxylation is 1. The molecule has 1 saturated heterocycles. The van der Waals surface area contributed by atoms with Crippen LogP contribution in [0.3, 0.4) is 0 Å². The van der Waals surface area contributed by atoms with Crippen molar-refractivity contribution in [1.82, 2.24) is 20.5 Å². The second kappa shape index (κ2) is 5.68. The van der Waals surface area contributed by atoms with Gasteiger partial charge in [0.15, 0.2) is 0 Å². The molecule has 6 nitrogen and oxygen atoms in total. The summed E-state index contributed by atoms with van der Waals surface area (Å²) in [6, 6.07) is 7.98. The van der Waals surface area contributed by atoms with Gasteiger partial charge in [0.2, 0.25) is 5.91 Å². The number of hydrogen-bond acceptors (Lipinski definition) is 6. The van der Waals surface area contributed by atoms with Gasteiger partial charge in [-0.05, 0) is 24.4 Å². The van der Waals surface area contributed by atoms with Gasteiger partial charge in [0.05, 0.1) is 5.92 Å². The normalized spacial score (nSPS) is 14.7. The summed E-state index contributed by atoms with van der Waals surface area (Å²) in [4.78, 5) is 16.3. The van der Waals surface area contributed by atoms with Crippen LogP contribution in [0, 0.1) is 12.8 Å². The topological polar surface area (TPSA) is 79.8 Å². The molecule has 1 aliphatic heterocycles. The van der Waals surface area contributed by atoms with E-state index in [1.807, 2.05) is 25.1 Å². The SMILES string of the molecule is Cc1nnc(-c2ccc3cnc(NC(=O)C4CNC4)cc3c2)s1. The molecule has 0 saturated carbocycles. The molecular weight excluding hydrogens is 310 g/mol. The van der Waals surface area contributed by atoms with Gasteiger partial charge in [-0.25, -0.2) is 4.98 Å². The minimum absolute atomic E-state index is 0.0199. The highest BCUT2D eigenvalue weighted by molar-refractivity contribution is 7.14. The summed E-state index contributed by atoms with van der Waals surface area (Å²) < 4.78 is 0. The smallest absolute Gasteiger partial charge is 0.231 e. The highest BCUT2D eigenvalue weighted by atomic mass is 32.1. The van der Waals surface area contributed by atoms with E-state index in [1.165, 1.54) is 0 Å². The van der Waals surface area contributed by atoms with E-state index in [4.69, 9.17) is 0 Å². The molecule has 3 heterocycles. The zero-order chi connectivity index (χ0) is 15.8. The predicted molar refractivity (Wildman–Crippen MR) is 90.4 cm³/mol. The van der Waals surface area contributed by atoms with Crippen LogP contribution in [0.1, 0.15) is 5.01 Å². The van der Waals surface area contributed by atoms with Gasteiger partial charge >= 0.3 is 0 Å². The van der Waals surface area contributed by atoms with Crippen molar-refractivity contribution in [3.63, 3.8) is 0 Å². The maximum Gasteiger partial charge on any atom is 0.231 e. The summed E-state index contributed by atoms with van der Waals surface area (Å²) in [5, 5.41) is 18.1. The van der Waals surface area contributed by atoms with Gasteiger partial charge in [-0.2, -0.15) is 0 Å². The molecule has 1 fully saturated rings. The fourth-order valence-corrected chi connectivity index (χ4v) is 3.15. The number of hydrogen-bond donors (Lipinski definition) is 2. The first-order valence-electron chi connectivity index (χ1n) is 7.41. The van der Waals surface area contributed by atoms with Crippen molar-refractivity contribution in [2.24, 2.45) is 5.92 Å². The minimum Gasteiger partial charge on any atom is -0.315 e. The van der Waals surface area contributed by atoms with Crippen molar-refractivity contribution >= 4 is 33.8 Å². The molecule has 1 aliphatic rings. The molecule has 0 atom stereocenters. The van der Waals surface area contributed by atoms with E-state index in [2.05, 4.69) is 31.9 Å². The Morgan fingerprint density at radius 2 is 2.13 bits per heavy atom. The zero-order valence-corrected chi connectivity index (χ0v) is 13.4. The lowest BCUT2D eigenvalue weighted by atomic mass is 10.0. The molecule has 2 aromatic heterocycles. The van der Waals surface area contributed by atoms with Gasteiger partial charge in [0.25, 0.3) is 0 Å². The predicted octanol–water partition coefficient (Wildman–Crippen LogP) is 2.22. The molecule has 0 bridgehead atoms. The Morgan fingerprint density at radius 1 is 1.26 bits per heavy atom. The molecule has 1 aromatic carbocycles. The van der Waals surface area contributed by atoms with Crippen LogP contribution >= 0.6 is 11.3 Å². The summed E-state index contributed by atoms with van der Waals surface area (Å²) in [6.07, 6.45) is 1.78. The first-order chi connectivity index (χ1) is 11.2. The third-order valence-corrected chi connectivity index (χ3v) is 4.79. The van der Waals surface area contributed by atoms with Crippen molar-refractivity contribution in [2.75, 3.05) is 18.4 Å². The number of carbonyl (C=O) groups excluding carboxylic acids is 1. The van der Waals surface area contributed by atoms with Crippen LogP contribution in [0.4, 0.5) is 5.82 Å². The lowest BCUT2D eigenvalue weighted by molar-refractivity contribution is -0.121. The van der Waals surface area contributed by atoms with Gasteiger partial charge in [-0.1, -0.05) is 23.5 Å². The molecule has 0 spiro atoms.